The number of rotatable bonds is 2. The van der Waals surface area contributed by atoms with E-state index in [2.05, 4.69) is 6.08 Å². The van der Waals surface area contributed by atoms with Crippen molar-refractivity contribution in [1.29, 1.82) is 0 Å². The smallest absolute Gasteiger partial charge is 0.320 e. The molecule has 0 aromatic carbocycles. The summed E-state index contributed by atoms with van der Waals surface area (Å²) in [6, 6.07) is 0. The van der Waals surface area contributed by atoms with Crippen LogP contribution in [-0.2, 0) is 9.53 Å². The third-order valence-electron chi connectivity index (χ3n) is 3.03. The molecule has 78 valence electrons. The molecular weight excluding hydrogens is 176 g/mol. The molecule has 14 heavy (non-hydrogen) atoms. The Kier molecular flexibility index (Phi) is 3.14. The maximum Gasteiger partial charge on any atom is 0.320 e. The summed E-state index contributed by atoms with van der Waals surface area (Å²) in [7, 11) is 1.45. The fraction of sp³-hybridized carbons (Fsp3) is 0.583. The van der Waals surface area contributed by atoms with Crippen LogP contribution in [0.4, 0.5) is 0 Å². The molecule has 0 bridgehead atoms. The van der Waals surface area contributed by atoms with Gasteiger partial charge in [0.25, 0.3) is 0 Å². The van der Waals surface area contributed by atoms with E-state index in [0.29, 0.717) is 0 Å². The first-order valence-corrected chi connectivity index (χ1v) is 4.99. The van der Waals surface area contributed by atoms with Gasteiger partial charge in [0.1, 0.15) is 5.41 Å². The Bertz CT molecular complexity index is 287. The largest absolute Gasteiger partial charge is 0.468 e. The Balaban J connectivity index is 3.15. The number of methoxy groups -OCH3 is 1. The van der Waals surface area contributed by atoms with Gasteiger partial charge in [0.05, 0.1) is 7.11 Å². The van der Waals surface area contributed by atoms with Crippen LogP contribution in [0.3, 0.4) is 0 Å². The maximum atomic E-state index is 11.8. The first-order chi connectivity index (χ1) is 6.55. The Morgan fingerprint density at radius 1 is 1.57 bits per heavy atom. The molecule has 1 aliphatic rings. The summed E-state index contributed by atoms with van der Waals surface area (Å²) in [6.45, 7) is 6.09. The van der Waals surface area contributed by atoms with Gasteiger partial charge in [-0.15, -0.1) is 0 Å². The van der Waals surface area contributed by atoms with Crippen molar-refractivity contribution in [1.82, 2.24) is 0 Å². The summed E-state index contributed by atoms with van der Waals surface area (Å²) in [5.74, 6) is 0.0694. The fourth-order valence-corrected chi connectivity index (χ4v) is 2.08. The van der Waals surface area contributed by atoms with E-state index in [0.717, 1.165) is 12.0 Å². The molecule has 0 spiro atoms. The fourth-order valence-electron chi connectivity index (χ4n) is 2.08. The van der Waals surface area contributed by atoms with Gasteiger partial charge in [-0.3, -0.25) is 4.79 Å². The van der Waals surface area contributed by atoms with Crippen molar-refractivity contribution in [2.75, 3.05) is 7.11 Å². The highest BCUT2D eigenvalue weighted by atomic mass is 16.5. The second-order valence-corrected chi connectivity index (χ2v) is 4.04. The predicted octanol–water partition coefficient (Wildman–Crippen LogP) is 2.71. The molecule has 0 saturated heterocycles. The van der Waals surface area contributed by atoms with Gasteiger partial charge in [0.2, 0.25) is 0 Å². The lowest BCUT2D eigenvalue weighted by molar-refractivity contribution is -0.149. The van der Waals surface area contributed by atoms with Crippen molar-refractivity contribution >= 4 is 5.97 Å². The number of carbonyl (C=O) groups is 1. The SMILES string of the molecule is COC(=O)C1(C(C)C)C=CCC=C1C. The topological polar surface area (TPSA) is 26.3 Å². The Labute approximate surface area is 85.6 Å². The highest BCUT2D eigenvalue weighted by Gasteiger charge is 2.42. The van der Waals surface area contributed by atoms with Gasteiger partial charge in [-0.1, -0.05) is 37.6 Å². The molecule has 0 amide bonds. The molecule has 0 fully saturated rings. The van der Waals surface area contributed by atoms with Gasteiger partial charge >= 0.3 is 5.97 Å². The van der Waals surface area contributed by atoms with Crippen LogP contribution in [0.25, 0.3) is 0 Å². The van der Waals surface area contributed by atoms with E-state index < -0.39 is 5.41 Å². The number of allylic oxidation sites excluding steroid dienone is 2. The molecular formula is C12H18O2. The summed E-state index contributed by atoms with van der Waals surface area (Å²) >= 11 is 0. The minimum atomic E-state index is -0.535. The molecule has 1 aliphatic carbocycles. The zero-order valence-corrected chi connectivity index (χ0v) is 9.33. The van der Waals surface area contributed by atoms with Gasteiger partial charge in [-0.2, -0.15) is 0 Å². The lowest BCUT2D eigenvalue weighted by atomic mass is 9.69. The van der Waals surface area contributed by atoms with E-state index >= 15 is 0 Å². The second-order valence-electron chi connectivity index (χ2n) is 4.04. The summed E-state index contributed by atoms with van der Waals surface area (Å²) in [5.41, 5.74) is 0.564. The standard InChI is InChI=1S/C12H18O2/c1-9(2)12(11(13)14-4)8-6-5-7-10(12)3/h6-9H,5H2,1-4H3. The molecule has 1 unspecified atom stereocenters. The molecule has 0 aromatic rings. The highest BCUT2D eigenvalue weighted by Crippen LogP contribution is 2.40. The van der Waals surface area contributed by atoms with Crippen LogP contribution in [-0.4, -0.2) is 13.1 Å². The van der Waals surface area contributed by atoms with Crippen LogP contribution >= 0.6 is 0 Å². The van der Waals surface area contributed by atoms with Crippen molar-refractivity contribution in [2.24, 2.45) is 11.3 Å². The van der Waals surface area contributed by atoms with Crippen LogP contribution < -0.4 is 0 Å². The monoisotopic (exact) mass is 194 g/mol. The van der Waals surface area contributed by atoms with Gasteiger partial charge in [-0.25, -0.2) is 0 Å². The van der Waals surface area contributed by atoms with Crippen molar-refractivity contribution in [3.8, 4) is 0 Å². The van der Waals surface area contributed by atoms with Crippen molar-refractivity contribution in [3.05, 3.63) is 23.8 Å². The normalized spacial score (nSPS) is 26.2. The third kappa shape index (κ3) is 1.49. The Morgan fingerprint density at radius 3 is 2.64 bits per heavy atom. The van der Waals surface area contributed by atoms with E-state index in [1.807, 2.05) is 32.9 Å². The molecule has 0 saturated carbocycles. The molecule has 0 aromatic heterocycles. The van der Waals surface area contributed by atoms with Crippen molar-refractivity contribution in [2.45, 2.75) is 27.2 Å². The second kappa shape index (κ2) is 3.99. The summed E-state index contributed by atoms with van der Waals surface area (Å²) in [6.07, 6.45) is 7.02. The average Bonchev–Trinajstić information content (AvgIpc) is 2.17. The lowest BCUT2D eigenvalue weighted by Crippen LogP contribution is -2.37. The number of carbonyl (C=O) groups excluding carboxylic acids is 1. The Hall–Kier alpha value is -1.05. The lowest BCUT2D eigenvalue weighted by Gasteiger charge is -2.34. The zero-order chi connectivity index (χ0) is 10.8. The van der Waals surface area contributed by atoms with Crippen LogP contribution in [0, 0.1) is 11.3 Å². The van der Waals surface area contributed by atoms with E-state index in [1.54, 1.807) is 0 Å². The minimum absolute atomic E-state index is 0.155. The first-order valence-electron chi connectivity index (χ1n) is 4.99. The third-order valence-corrected chi connectivity index (χ3v) is 3.03. The zero-order valence-electron chi connectivity index (χ0n) is 9.33. The quantitative estimate of drug-likeness (QED) is 0.499. The first kappa shape index (κ1) is 11.0. The molecule has 0 N–H and O–H groups in total. The Morgan fingerprint density at radius 2 is 2.21 bits per heavy atom. The molecule has 0 heterocycles. The molecule has 0 radical (unpaired) electrons. The maximum absolute atomic E-state index is 11.8. The summed E-state index contributed by atoms with van der Waals surface area (Å²) in [4.78, 5) is 11.8. The molecule has 2 heteroatoms. The van der Waals surface area contributed by atoms with Gasteiger partial charge in [0.15, 0.2) is 0 Å². The predicted molar refractivity (Wildman–Crippen MR) is 56.8 cm³/mol. The number of ether oxygens (including phenoxy) is 1. The van der Waals surface area contributed by atoms with Gasteiger partial charge < -0.3 is 4.74 Å². The van der Waals surface area contributed by atoms with Crippen molar-refractivity contribution in [3.63, 3.8) is 0 Å². The number of esters is 1. The van der Waals surface area contributed by atoms with E-state index in [-0.39, 0.29) is 11.9 Å². The van der Waals surface area contributed by atoms with Crippen molar-refractivity contribution < 1.29 is 9.53 Å². The average molecular weight is 194 g/mol. The van der Waals surface area contributed by atoms with Crippen LogP contribution in [0.1, 0.15) is 27.2 Å². The molecule has 2 nitrogen and oxygen atoms in total. The van der Waals surface area contributed by atoms with Crippen LogP contribution in [0.2, 0.25) is 0 Å². The van der Waals surface area contributed by atoms with Gasteiger partial charge in [0, 0.05) is 0 Å². The number of hydrogen-bond donors (Lipinski definition) is 0. The van der Waals surface area contributed by atoms with Gasteiger partial charge in [-0.05, 0) is 19.3 Å². The molecule has 1 atom stereocenters. The van der Waals surface area contributed by atoms with E-state index in [1.165, 1.54) is 7.11 Å². The summed E-state index contributed by atoms with van der Waals surface area (Å²) in [5, 5.41) is 0. The van der Waals surface area contributed by atoms with E-state index in [9.17, 15) is 4.79 Å². The number of hydrogen-bond acceptors (Lipinski definition) is 2. The molecule has 1 rings (SSSR count). The summed E-state index contributed by atoms with van der Waals surface area (Å²) < 4.78 is 4.89. The van der Waals surface area contributed by atoms with Crippen LogP contribution in [0.5, 0.6) is 0 Å². The van der Waals surface area contributed by atoms with E-state index in [4.69, 9.17) is 4.74 Å². The van der Waals surface area contributed by atoms with Crippen LogP contribution in [0.15, 0.2) is 23.8 Å². The minimum Gasteiger partial charge on any atom is -0.468 e. The molecule has 0 aliphatic heterocycles. The highest BCUT2D eigenvalue weighted by molar-refractivity contribution is 5.83.